The molecule has 0 aromatic heterocycles. The maximum atomic E-state index is 12.0. The molecule has 0 bridgehead atoms. The van der Waals surface area contributed by atoms with Crippen molar-refractivity contribution in [1.82, 2.24) is 0 Å². The lowest BCUT2D eigenvalue weighted by Gasteiger charge is -2.22. The summed E-state index contributed by atoms with van der Waals surface area (Å²) in [5.41, 5.74) is 7.95. The number of alkyl halides is 3. The van der Waals surface area contributed by atoms with Crippen LogP contribution in [0.4, 0.5) is 13.2 Å². The summed E-state index contributed by atoms with van der Waals surface area (Å²) >= 11 is 0. The third-order valence-electron chi connectivity index (χ3n) is 2.88. The van der Waals surface area contributed by atoms with Crippen LogP contribution in [0.1, 0.15) is 30.0 Å². The fraction of sp³-hybridized carbons (Fsp3) is 0.500. The second kappa shape index (κ2) is 4.56. The Morgan fingerprint density at radius 3 is 2.82 bits per heavy atom. The van der Waals surface area contributed by atoms with E-state index in [0.29, 0.717) is 0 Å². The van der Waals surface area contributed by atoms with Crippen molar-refractivity contribution in [2.24, 2.45) is 5.73 Å². The Morgan fingerprint density at radius 2 is 2.12 bits per heavy atom. The summed E-state index contributed by atoms with van der Waals surface area (Å²) in [5.74, 6) is 0.235. The summed E-state index contributed by atoms with van der Waals surface area (Å²) in [6, 6.07) is 4.92. The molecule has 2 N–H and O–H groups in total. The molecule has 1 aromatic rings. The van der Waals surface area contributed by atoms with Gasteiger partial charge in [-0.1, -0.05) is 6.07 Å². The predicted octanol–water partition coefficient (Wildman–Crippen LogP) is 2.96. The second-order valence-electron chi connectivity index (χ2n) is 4.26. The summed E-state index contributed by atoms with van der Waals surface area (Å²) in [7, 11) is 0. The first-order valence-corrected chi connectivity index (χ1v) is 5.54. The lowest BCUT2D eigenvalue weighted by atomic mass is 9.88. The minimum atomic E-state index is -4.31. The molecule has 1 aliphatic rings. The van der Waals surface area contributed by atoms with Crippen molar-refractivity contribution in [2.45, 2.75) is 31.5 Å². The zero-order chi connectivity index (χ0) is 12.5. The molecular weight excluding hydrogens is 231 g/mol. The maximum absolute atomic E-state index is 12.0. The molecule has 0 spiro atoms. The first kappa shape index (κ1) is 12.2. The molecule has 1 aliphatic carbocycles. The molecule has 0 heterocycles. The molecule has 0 amide bonds. The fourth-order valence-electron chi connectivity index (χ4n) is 2.07. The van der Waals surface area contributed by atoms with Gasteiger partial charge in [-0.2, -0.15) is 13.2 Å². The van der Waals surface area contributed by atoms with Crippen molar-refractivity contribution in [3.63, 3.8) is 0 Å². The van der Waals surface area contributed by atoms with E-state index in [1.807, 2.05) is 0 Å². The molecule has 0 radical (unpaired) electrons. The van der Waals surface area contributed by atoms with E-state index in [1.54, 1.807) is 18.2 Å². The van der Waals surface area contributed by atoms with Crippen molar-refractivity contribution in [1.29, 1.82) is 0 Å². The van der Waals surface area contributed by atoms with E-state index in [2.05, 4.69) is 0 Å². The van der Waals surface area contributed by atoms with E-state index in [9.17, 15) is 13.2 Å². The first-order valence-electron chi connectivity index (χ1n) is 5.54. The second-order valence-corrected chi connectivity index (χ2v) is 4.26. The third kappa shape index (κ3) is 3.12. The SMILES string of the molecule is N[C@H]1CCCc2ccc(OCC(F)(F)F)cc21. The number of benzene rings is 1. The average Bonchev–Trinajstić information content (AvgIpc) is 2.26. The van der Waals surface area contributed by atoms with Crippen LogP contribution < -0.4 is 10.5 Å². The first-order chi connectivity index (χ1) is 7.96. The molecule has 0 aliphatic heterocycles. The Kier molecular flexibility index (Phi) is 3.28. The van der Waals surface area contributed by atoms with Crippen LogP contribution in [0.5, 0.6) is 5.75 Å². The Balaban J connectivity index is 2.12. The van der Waals surface area contributed by atoms with E-state index in [-0.39, 0.29) is 11.8 Å². The largest absolute Gasteiger partial charge is 0.484 e. The monoisotopic (exact) mass is 245 g/mol. The molecule has 5 heteroatoms. The molecule has 0 fully saturated rings. The third-order valence-corrected chi connectivity index (χ3v) is 2.88. The number of nitrogens with two attached hydrogens (primary N) is 1. The summed E-state index contributed by atoms with van der Waals surface area (Å²) in [4.78, 5) is 0. The van der Waals surface area contributed by atoms with Gasteiger partial charge in [0.2, 0.25) is 0 Å². The van der Waals surface area contributed by atoms with Gasteiger partial charge in [0.1, 0.15) is 5.75 Å². The molecule has 0 saturated heterocycles. The molecule has 2 rings (SSSR count). The molecule has 2 nitrogen and oxygen atoms in total. The molecule has 17 heavy (non-hydrogen) atoms. The number of hydrogen-bond acceptors (Lipinski definition) is 2. The van der Waals surface area contributed by atoms with Crippen LogP contribution in [0.2, 0.25) is 0 Å². The number of rotatable bonds is 2. The van der Waals surface area contributed by atoms with Gasteiger partial charge >= 0.3 is 6.18 Å². The summed E-state index contributed by atoms with van der Waals surface area (Å²) in [5, 5.41) is 0. The lowest BCUT2D eigenvalue weighted by Crippen LogP contribution is -2.20. The summed E-state index contributed by atoms with van der Waals surface area (Å²) in [6.07, 6.45) is -1.48. The molecular formula is C12H14F3NO. The molecule has 1 atom stereocenters. The fourth-order valence-corrected chi connectivity index (χ4v) is 2.07. The van der Waals surface area contributed by atoms with E-state index >= 15 is 0 Å². The normalized spacial score (nSPS) is 19.9. The zero-order valence-corrected chi connectivity index (χ0v) is 9.26. The van der Waals surface area contributed by atoms with Gasteiger partial charge in [-0.3, -0.25) is 0 Å². The quantitative estimate of drug-likeness (QED) is 0.869. The Bertz CT molecular complexity index is 403. The predicted molar refractivity (Wildman–Crippen MR) is 57.9 cm³/mol. The Labute approximate surface area is 97.6 Å². The number of fused-ring (bicyclic) bond motifs is 1. The summed E-state index contributed by atoms with van der Waals surface area (Å²) < 4.78 is 40.7. The van der Waals surface area contributed by atoms with Gasteiger partial charge in [0, 0.05) is 6.04 Å². The van der Waals surface area contributed by atoms with Crippen LogP contribution in [-0.4, -0.2) is 12.8 Å². The van der Waals surface area contributed by atoms with Crippen LogP contribution in [0, 0.1) is 0 Å². The standard InChI is InChI=1S/C12H14F3NO/c13-12(14,15)7-17-9-5-4-8-2-1-3-11(16)10(8)6-9/h4-6,11H,1-3,7,16H2/t11-/m0/s1. The minimum Gasteiger partial charge on any atom is -0.484 e. The minimum absolute atomic E-state index is 0.0896. The van der Waals surface area contributed by atoms with E-state index in [1.165, 1.54) is 0 Å². The van der Waals surface area contributed by atoms with Gasteiger partial charge in [-0.25, -0.2) is 0 Å². The molecule has 0 unspecified atom stereocenters. The Hall–Kier alpha value is -1.23. The molecule has 1 aromatic carbocycles. The number of hydrogen-bond donors (Lipinski definition) is 1. The van der Waals surface area contributed by atoms with Gasteiger partial charge in [0.15, 0.2) is 6.61 Å². The van der Waals surface area contributed by atoms with Gasteiger partial charge in [0.25, 0.3) is 0 Å². The van der Waals surface area contributed by atoms with Gasteiger partial charge < -0.3 is 10.5 Å². The Morgan fingerprint density at radius 1 is 1.35 bits per heavy atom. The van der Waals surface area contributed by atoms with Crippen LogP contribution in [0.25, 0.3) is 0 Å². The maximum Gasteiger partial charge on any atom is 0.422 e. The van der Waals surface area contributed by atoms with Crippen LogP contribution in [0.3, 0.4) is 0 Å². The van der Waals surface area contributed by atoms with Crippen LogP contribution >= 0.6 is 0 Å². The highest BCUT2D eigenvalue weighted by molar-refractivity contribution is 5.39. The van der Waals surface area contributed by atoms with Crippen molar-refractivity contribution in [2.75, 3.05) is 6.61 Å². The smallest absolute Gasteiger partial charge is 0.422 e. The average molecular weight is 245 g/mol. The van der Waals surface area contributed by atoms with Crippen molar-refractivity contribution < 1.29 is 17.9 Å². The highest BCUT2D eigenvalue weighted by atomic mass is 19.4. The van der Waals surface area contributed by atoms with Crippen LogP contribution in [-0.2, 0) is 6.42 Å². The lowest BCUT2D eigenvalue weighted by molar-refractivity contribution is -0.153. The van der Waals surface area contributed by atoms with E-state index < -0.39 is 12.8 Å². The van der Waals surface area contributed by atoms with Crippen molar-refractivity contribution in [3.05, 3.63) is 29.3 Å². The van der Waals surface area contributed by atoms with Gasteiger partial charge in [-0.15, -0.1) is 0 Å². The zero-order valence-electron chi connectivity index (χ0n) is 9.26. The van der Waals surface area contributed by atoms with E-state index in [0.717, 1.165) is 30.4 Å². The number of ether oxygens (including phenoxy) is 1. The topological polar surface area (TPSA) is 35.2 Å². The number of aryl methyl sites for hydroxylation is 1. The highest BCUT2D eigenvalue weighted by Crippen LogP contribution is 2.31. The summed E-state index contributed by atoms with van der Waals surface area (Å²) in [6.45, 7) is -1.26. The highest BCUT2D eigenvalue weighted by Gasteiger charge is 2.28. The number of halogens is 3. The van der Waals surface area contributed by atoms with Crippen molar-refractivity contribution in [3.8, 4) is 5.75 Å². The molecule has 94 valence electrons. The molecule has 0 saturated carbocycles. The van der Waals surface area contributed by atoms with E-state index in [4.69, 9.17) is 10.5 Å². The van der Waals surface area contributed by atoms with Gasteiger partial charge in [-0.05, 0) is 42.5 Å². The van der Waals surface area contributed by atoms with Crippen LogP contribution in [0.15, 0.2) is 18.2 Å². The van der Waals surface area contributed by atoms with Crippen molar-refractivity contribution >= 4 is 0 Å². The van der Waals surface area contributed by atoms with Gasteiger partial charge in [0.05, 0.1) is 0 Å².